The maximum Gasteiger partial charge on any atom is 0.242 e. The molecular formula is C12H23N3O2. The highest BCUT2D eigenvalue weighted by Crippen LogP contribution is 2.33. The summed E-state index contributed by atoms with van der Waals surface area (Å²) in [4.78, 5) is 23.6. The predicted octanol–water partition coefficient (Wildman–Crippen LogP) is 0.146. The minimum Gasteiger partial charge on any atom is -0.368 e. The van der Waals surface area contributed by atoms with Crippen LogP contribution in [-0.2, 0) is 9.59 Å². The fraction of sp³-hybridized carbons (Fsp3) is 0.833. The van der Waals surface area contributed by atoms with Gasteiger partial charge < -0.3 is 16.4 Å². The van der Waals surface area contributed by atoms with Gasteiger partial charge in [0.1, 0.15) is 5.54 Å². The lowest BCUT2D eigenvalue weighted by molar-refractivity contribution is -0.138. The van der Waals surface area contributed by atoms with Crippen LogP contribution in [0.2, 0.25) is 0 Å². The third-order valence-corrected chi connectivity index (χ3v) is 3.76. The zero-order chi connectivity index (χ0) is 13.1. The van der Waals surface area contributed by atoms with Gasteiger partial charge in [-0.1, -0.05) is 6.92 Å². The molecule has 0 saturated carbocycles. The zero-order valence-electron chi connectivity index (χ0n) is 10.9. The SMILES string of the molecule is CCC1(C(=O)NC(C)(C)C(N)=O)CCNCC1. The van der Waals surface area contributed by atoms with E-state index in [0.717, 1.165) is 32.4 Å². The molecule has 0 aromatic carbocycles. The van der Waals surface area contributed by atoms with Crippen molar-refractivity contribution in [3.05, 3.63) is 0 Å². The Kier molecular flexibility index (Phi) is 4.14. The van der Waals surface area contributed by atoms with Gasteiger partial charge in [0.15, 0.2) is 0 Å². The van der Waals surface area contributed by atoms with Gasteiger partial charge in [0.2, 0.25) is 11.8 Å². The number of carbonyl (C=O) groups excluding carboxylic acids is 2. The van der Waals surface area contributed by atoms with Crippen molar-refractivity contribution in [2.45, 2.75) is 45.6 Å². The lowest BCUT2D eigenvalue weighted by Crippen LogP contribution is -2.58. The van der Waals surface area contributed by atoms with Crippen LogP contribution >= 0.6 is 0 Å². The number of hydrogen-bond donors (Lipinski definition) is 3. The van der Waals surface area contributed by atoms with E-state index in [4.69, 9.17) is 5.73 Å². The van der Waals surface area contributed by atoms with Crippen LogP contribution in [-0.4, -0.2) is 30.4 Å². The Balaban J connectivity index is 2.76. The molecule has 1 aliphatic rings. The van der Waals surface area contributed by atoms with Crippen LogP contribution in [0.15, 0.2) is 0 Å². The Morgan fingerprint density at radius 1 is 1.35 bits per heavy atom. The highest BCUT2D eigenvalue weighted by atomic mass is 16.2. The predicted molar refractivity (Wildman–Crippen MR) is 66.2 cm³/mol. The summed E-state index contributed by atoms with van der Waals surface area (Å²) in [5, 5.41) is 6.02. The molecule has 1 fully saturated rings. The van der Waals surface area contributed by atoms with Gasteiger partial charge in [-0.25, -0.2) is 0 Å². The molecule has 0 spiro atoms. The van der Waals surface area contributed by atoms with E-state index < -0.39 is 11.4 Å². The lowest BCUT2D eigenvalue weighted by Gasteiger charge is -2.37. The Bertz CT molecular complexity index is 307. The lowest BCUT2D eigenvalue weighted by atomic mass is 9.75. The van der Waals surface area contributed by atoms with Crippen molar-refractivity contribution in [3.8, 4) is 0 Å². The molecule has 98 valence electrons. The first-order valence-corrected chi connectivity index (χ1v) is 6.17. The minimum atomic E-state index is -0.982. The Morgan fingerprint density at radius 2 is 1.88 bits per heavy atom. The fourth-order valence-electron chi connectivity index (χ4n) is 2.12. The van der Waals surface area contributed by atoms with Crippen molar-refractivity contribution in [3.63, 3.8) is 0 Å². The Hall–Kier alpha value is -1.10. The second kappa shape index (κ2) is 5.04. The average molecular weight is 241 g/mol. The molecule has 2 amide bonds. The molecule has 0 aliphatic carbocycles. The molecule has 1 rings (SSSR count). The Morgan fingerprint density at radius 3 is 2.29 bits per heavy atom. The molecule has 0 unspecified atom stereocenters. The van der Waals surface area contributed by atoms with Gasteiger partial charge in [-0.2, -0.15) is 0 Å². The standard InChI is InChI=1S/C12H23N3O2/c1-4-12(5-7-14-8-6-12)10(17)15-11(2,3)9(13)16/h14H,4-8H2,1-3H3,(H2,13,16)(H,15,17). The van der Waals surface area contributed by atoms with Crippen LogP contribution < -0.4 is 16.4 Å². The first-order valence-electron chi connectivity index (χ1n) is 6.17. The molecule has 5 nitrogen and oxygen atoms in total. The molecular weight excluding hydrogens is 218 g/mol. The highest BCUT2D eigenvalue weighted by Gasteiger charge is 2.40. The molecule has 0 aromatic heterocycles. The second-order valence-corrected chi connectivity index (χ2v) is 5.33. The quantitative estimate of drug-likeness (QED) is 0.655. The van der Waals surface area contributed by atoms with E-state index >= 15 is 0 Å². The average Bonchev–Trinajstić information content (AvgIpc) is 2.29. The van der Waals surface area contributed by atoms with E-state index in [1.165, 1.54) is 0 Å². The summed E-state index contributed by atoms with van der Waals surface area (Å²) >= 11 is 0. The number of rotatable bonds is 4. The van der Waals surface area contributed by atoms with Crippen molar-refractivity contribution in [1.29, 1.82) is 0 Å². The zero-order valence-corrected chi connectivity index (χ0v) is 10.9. The maximum atomic E-state index is 12.3. The van der Waals surface area contributed by atoms with Crippen molar-refractivity contribution >= 4 is 11.8 Å². The summed E-state index contributed by atoms with van der Waals surface area (Å²) in [6, 6.07) is 0. The van der Waals surface area contributed by atoms with Crippen LogP contribution in [0, 0.1) is 5.41 Å². The number of carbonyl (C=O) groups is 2. The summed E-state index contributed by atoms with van der Waals surface area (Å²) in [7, 11) is 0. The molecule has 1 saturated heterocycles. The third kappa shape index (κ3) is 2.97. The van der Waals surface area contributed by atoms with Crippen LogP contribution in [0.1, 0.15) is 40.0 Å². The fourth-order valence-corrected chi connectivity index (χ4v) is 2.12. The number of nitrogens with two attached hydrogens (primary N) is 1. The van der Waals surface area contributed by atoms with Gasteiger partial charge in [-0.15, -0.1) is 0 Å². The van der Waals surface area contributed by atoms with Crippen molar-refractivity contribution in [1.82, 2.24) is 10.6 Å². The minimum absolute atomic E-state index is 0.0506. The van der Waals surface area contributed by atoms with Crippen molar-refractivity contribution < 1.29 is 9.59 Å². The van der Waals surface area contributed by atoms with E-state index in [-0.39, 0.29) is 11.3 Å². The summed E-state index contributed by atoms with van der Waals surface area (Å²) < 4.78 is 0. The van der Waals surface area contributed by atoms with Gasteiger partial charge in [-0.3, -0.25) is 9.59 Å². The van der Waals surface area contributed by atoms with Gasteiger partial charge >= 0.3 is 0 Å². The number of piperidine rings is 1. The van der Waals surface area contributed by atoms with E-state index in [2.05, 4.69) is 10.6 Å². The van der Waals surface area contributed by atoms with Crippen LogP contribution in [0.25, 0.3) is 0 Å². The summed E-state index contributed by atoms with van der Waals surface area (Å²) in [5.41, 5.74) is 3.94. The van der Waals surface area contributed by atoms with Crippen molar-refractivity contribution in [2.75, 3.05) is 13.1 Å². The molecule has 0 atom stereocenters. The van der Waals surface area contributed by atoms with Gasteiger partial charge in [0.05, 0.1) is 5.41 Å². The normalized spacial score (nSPS) is 19.7. The van der Waals surface area contributed by atoms with E-state index in [9.17, 15) is 9.59 Å². The molecule has 17 heavy (non-hydrogen) atoms. The van der Waals surface area contributed by atoms with Gasteiger partial charge in [0.25, 0.3) is 0 Å². The van der Waals surface area contributed by atoms with E-state index in [1.807, 2.05) is 6.92 Å². The largest absolute Gasteiger partial charge is 0.368 e. The van der Waals surface area contributed by atoms with E-state index in [1.54, 1.807) is 13.8 Å². The smallest absolute Gasteiger partial charge is 0.242 e. The van der Waals surface area contributed by atoms with Crippen LogP contribution in [0.5, 0.6) is 0 Å². The summed E-state index contributed by atoms with van der Waals surface area (Å²) in [5.74, 6) is -0.559. The first-order chi connectivity index (χ1) is 7.84. The molecule has 0 aromatic rings. The first kappa shape index (κ1) is 14.0. The molecule has 0 radical (unpaired) electrons. The highest BCUT2D eigenvalue weighted by molar-refractivity contribution is 5.91. The number of nitrogens with one attached hydrogen (secondary N) is 2. The van der Waals surface area contributed by atoms with Crippen LogP contribution in [0.3, 0.4) is 0 Å². The van der Waals surface area contributed by atoms with Crippen LogP contribution in [0.4, 0.5) is 0 Å². The molecule has 5 heteroatoms. The third-order valence-electron chi connectivity index (χ3n) is 3.76. The van der Waals surface area contributed by atoms with Crippen molar-refractivity contribution in [2.24, 2.45) is 11.1 Å². The molecule has 1 heterocycles. The summed E-state index contributed by atoms with van der Waals surface area (Å²) in [6.07, 6.45) is 2.41. The number of primary amides is 1. The monoisotopic (exact) mass is 241 g/mol. The molecule has 0 bridgehead atoms. The second-order valence-electron chi connectivity index (χ2n) is 5.33. The molecule has 1 aliphatic heterocycles. The summed E-state index contributed by atoms with van der Waals surface area (Å²) in [6.45, 7) is 6.98. The van der Waals surface area contributed by atoms with E-state index in [0.29, 0.717) is 0 Å². The van der Waals surface area contributed by atoms with Gasteiger partial charge in [-0.05, 0) is 46.2 Å². The van der Waals surface area contributed by atoms with Gasteiger partial charge in [0, 0.05) is 0 Å². The molecule has 4 N–H and O–H groups in total. The number of amides is 2. The maximum absolute atomic E-state index is 12.3. The number of hydrogen-bond acceptors (Lipinski definition) is 3. The Labute approximate surface area is 103 Å². The topological polar surface area (TPSA) is 84.2 Å².